The van der Waals surface area contributed by atoms with E-state index in [0.29, 0.717) is 18.8 Å². The van der Waals surface area contributed by atoms with E-state index in [4.69, 9.17) is 0 Å². The Morgan fingerprint density at radius 3 is 2.79 bits per heavy atom. The van der Waals surface area contributed by atoms with Gasteiger partial charge in [-0.3, -0.25) is 4.79 Å². The Balaban J connectivity index is 2.84. The van der Waals surface area contributed by atoms with Crippen LogP contribution < -0.4 is 0 Å². The molecule has 4 heteroatoms. The fourth-order valence-electron chi connectivity index (χ4n) is 2.57. The SMILES string of the molecule is CC[C@H](C(=O)O)[C@H](CO)CC1=CC(C)CC=CN1C. The molecule has 0 amide bonds. The van der Waals surface area contributed by atoms with Crippen molar-refractivity contribution in [2.24, 2.45) is 17.8 Å². The van der Waals surface area contributed by atoms with Gasteiger partial charge in [0.05, 0.1) is 5.92 Å². The Kier molecular flexibility index (Phi) is 6.09. The van der Waals surface area contributed by atoms with Gasteiger partial charge >= 0.3 is 5.97 Å². The van der Waals surface area contributed by atoms with Gasteiger partial charge < -0.3 is 15.1 Å². The van der Waals surface area contributed by atoms with Crippen molar-refractivity contribution >= 4 is 5.97 Å². The highest BCUT2D eigenvalue weighted by atomic mass is 16.4. The molecule has 0 aliphatic carbocycles. The van der Waals surface area contributed by atoms with Crippen LogP contribution in [0.1, 0.15) is 33.1 Å². The fourth-order valence-corrected chi connectivity index (χ4v) is 2.57. The van der Waals surface area contributed by atoms with Gasteiger partial charge in [-0.25, -0.2) is 0 Å². The predicted molar refractivity (Wildman–Crippen MR) is 75.4 cm³/mol. The molecule has 1 aliphatic heterocycles. The molecule has 0 radical (unpaired) electrons. The van der Waals surface area contributed by atoms with Gasteiger partial charge in [-0.05, 0) is 31.4 Å². The number of allylic oxidation sites excluding steroid dienone is 3. The Morgan fingerprint density at radius 1 is 1.58 bits per heavy atom. The smallest absolute Gasteiger partial charge is 0.306 e. The Hall–Kier alpha value is -1.29. The minimum atomic E-state index is -0.818. The van der Waals surface area contributed by atoms with Gasteiger partial charge in [0.15, 0.2) is 0 Å². The van der Waals surface area contributed by atoms with Crippen molar-refractivity contribution in [3.05, 3.63) is 24.0 Å². The number of hydrogen-bond donors (Lipinski definition) is 2. The first-order valence-electron chi connectivity index (χ1n) is 6.93. The third kappa shape index (κ3) is 4.39. The van der Waals surface area contributed by atoms with Crippen LogP contribution in [0.15, 0.2) is 24.0 Å². The third-order valence-electron chi connectivity index (χ3n) is 3.80. The second kappa shape index (κ2) is 7.34. The number of carboxylic acids is 1. The molecule has 1 unspecified atom stereocenters. The summed E-state index contributed by atoms with van der Waals surface area (Å²) in [5.74, 6) is -1.08. The second-order valence-corrected chi connectivity index (χ2v) is 5.37. The van der Waals surface area contributed by atoms with E-state index in [1.165, 1.54) is 0 Å². The van der Waals surface area contributed by atoms with Crippen LogP contribution in [0.25, 0.3) is 0 Å². The van der Waals surface area contributed by atoms with Crippen molar-refractivity contribution < 1.29 is 15.0 Å². The van der Waals surface area contributed by atoms with Crippen LogP contribution in [-0.4, -0.2) is 34.7 Å². The van der Waals surface area contributed by atoms with Gasteiger partial charge in [-0.2, -0.15) is 0 Å². The van der Waals surface area contributed by atoms with E-state index in [1.807, 2.05) is 25.1 Å². The number of hydrogen-bond acceptors (Lipinski definition) is 3. The molecule has 1 aliphatic rings. The van der Waals surface area contributed by atoms with E-state index < -0.39 is 11.9 Å². The molecule has 0 spiro atoms. The molecule has 0 aromatic heterocycles. The molecule has 19 heavy (non-hydrogen) atoms. The molecule has 1 rings (SSSR count). The molecule has 0 saturated carbocycles. The highest BCUT2D eigenvalue weighted by molar-refractivity contribution is 5.70. The Labute approximate surface area is 115 Å². The second-order valence-electron chi connectivity index (χ2n) is 5.37. The molecule has 3 atom stereocenters. The van der Waals surface area contributed by atoms with Gasteiger partial charge in [0, 0.05) is 25.3 Å². The molecule has 0 fully saturated rings. The lowest BCUT2D eigenvalue weighted by Crippen LogP contribution is -2.28. The summed E-state index contributed by atoms with van der Waals surface area (Å²) in [4.78, 5) is 13.3. The minimum Gasteiger partial charge on any atom is -0.481 e. The minimum absolute atomic E-state index is 0.0892. The molecule has 0 aromatic rings. The van der Waals surface area contributed by atoms with Crippen LogP contribution in [0.4, 0.5) is 0 Å². The first-order chi connectivity index (χ1) is 8.99. The summed E-state index contributed by atoms with van der Waals surface area (Å²) in [5.41, 5.74) is 1.10. The summed E-state index contributed by atoms with van der Waals surface area (Å²) < 4.78 is 0. The van der Waals surface area contributed by atoms with Crippen molar-refractivity contribution in [1.29, 1.82) is 0 Å². The summed E-state index contributed by atoms with van der Waals surface area (Å²) in [5, 5.41) is 18.7. The number of rotatable bonds is 6. The first-order valence-corrected chi connectivity index (χ1v) is 6.93. The van der Waals surface area contributed by atoms with Gasteiger partial charge in [0.25, 0.3) is 0 Å². The maximum atomic E-state index is 11.2. The Bertz CT molecular complexity index is 362. The zero-order valence-electron chi connectivity index (χ0n) is 12.0. The lowest BCUT2D eigenvalue weighted by molar-refractivity contribution is -0.144. The van der Waals surface area contributed by atoms with Crippen LogP contribution in [0.5, 0.6) is 0 Å². The fraction of sp³-hybridized carbons (Fsp3) is 0.667. The van der Waals surface area contributed by atoms with E-state index in [9.17, 15) is 15.0 Å². The maximum absolute atomic E-state index is 11.2. The largest absolute Gasteiger partial charge is 0.481 e. The lowest BCUT2D eigenvalue weighted by atomic mass is 9.86. The van der Waals surface area contributed by atoms with Crippen LogP contribution in [0, 0.1) is 17.8 Å². The summed E-state index contributed by atoms with van der Waals surface area (Å²) in [6, 6.07) is 0. The molecule has 108 valence electrons. The molecule has 4 nitrogen and oxygen atoms in total. The summed E-state index contributed by atoms with van der Waals surface area (Å²) in [6.45, 7) is 3.91. The van der Waals surface area contributed by atoms with Crippen molar-refractivity contribution in [2.75, 3.05) is 13.7 Å². The number of aliphatic hydroxyl groups excluding tert-OH is 1. The molecular formula is C15H25NO3. The molecule has 0 bridgehead atoms. The molecular weight excluding hydrogens is 242 g/mol. The van der Waals surface area contributed by atoms with Crippen LogP contribution in [0.2, 0.25) is 0 Å². The van der Waals surface area contributed by atoms with Gasteiger partial charge in [0.1, 0.15) is 0 Å². The quantitative estimate of drug-likeness (QED) is 0.776. The third-order valence-corrected chi connectivity index (χ3v) is 3.80. The normalized spacial score (nSPS) is 22.6. The van der Waals surface area contributed by atoms with E-state index in [1.54, 1.807) is 0 Å². The summed E-state index contributed by atoms with van der Waals surface area (Å²) in [7, 11) is 1.97. The highest BCUT2D eigenvalue weighted by Crippen LogP contribution is 2.27. The van der Waals surface area contributed by atoms with Gasteiger partial charge in [-0.15, -0.1) is 0 Å². The van der Waals surface area contributed by atoms with Crippen molar-refractivity contribution in [3.63, 3.8) is 0 Å². The average molecular weight is 267 g/mol. The van der Waals surface area contributed by atoms with E-state index in [-0.39, 0.29) is 12.5 Å². The number of carbonyl (C=O) groups is 1. The number of aliphatic hydroxyl groups is 1. The van der Waals surface area contributed by atoms with Crippen LogP contribution in [-0.2, 0) is 4.79 Å². The molecule has 2 N–H and O–H groups in total. The zero-order chi connectivity index (χ0) is 14.4. The topological polar surface area (TPSA) is 60.8 Å². The van der Waals surface area contributed by atoms with Crippen molar-refractivity contribution in [2.45, 2.75) is 33.1 Å². The molecule has 0 saturated heterocycles. The number of carboxylic acid groups (broad SMARTS) is 1. The summed E-state index contributed by atoms with van der Waals surface area (Å²) in [6.07, 6.45) is 8.46. The first kappa shape index (κ1) is 15.8. The van der Waals surface area contributed by atoms with Crippen molar-refractivity contribution in [3.8, 4) is 0 Å². The monoisotopic (exact) mass is 267 g/mol. The number of nitrogens with zero attached hydrogens (tertiary/aromatic N) is 1. The number of aliphatic carboxylic acids is 1. The average Bonchev–Trinajstić information content (AvgIpc) is 2.50. The standard InChI is InChI=1S/C15H25NO3/c1-4-14(15(18)19)12(10-17)9-13-8-11(2)6-5-7-16(13)3/h5,7-8,11-12,14,17H,4,6,9-10H2,1-3H3,(H,18,19)/t11?,12-,14-/m0/s1. The maximum Gasteiger partial charge on any atom is 0.306 e. The summed E-state index contributed by atoms with van der Waals surface area (Å²) >= 11 is 0. The lowest BCUT2D eigenvalue weighted by Gasteiger charge is -2.26. The predicted octanol–water partition coefficient (Wildman–Crippen LogP) is 2.47. The molecule has 0 aromatic carbocycles. The highest BCUT2D eigenvalue weighted by Gasteiger charge is 2.27. The van der Waals surface area contributed by atoms with Crippen LogP contribution in [0.3, 0.4) is 0 Å². The van der Waals surface area contributed by atoms with E-state index >= 15 is 0 Å². The van der Waals surface area contributed by atoms with E-state index in [0.717, 1.165) is 12.1 Å². The van der Waals surface area contributed by atoms with Crippen LogP contribution >= 0.6 is 0 Å². The van der Waals surface area contributed by atoms with Gasteiger partial charge in [0.2, 0.25) is 0 Å². The van der Waals surface area contributed by atoms with Crippen molar-refractivity contribution in [1.82, 2.24) is 4.90 Å². The molecule has 1 heterocycles. The zero-order valence-corrected chi connectivity index (χ0v) is 12.0. The van der Waals surface area contributed by atoms with E-state index in [2.05, 4.69) is 19.1 Å². The van der Waals surface area contributed by atoms with Gasteiger partial charge in [-0.1, -0.05) is 26.0 Å². The Morgan fingerprint density at radius 2 is 2.26 bits per heavy atom.